The monoisotopic (exact) mass is 214 g/mol. The summed E-state index contributed by atoms with van der Waals surface area (Å²) in [6, 6.07) is 14.1. The van der Waals surface area contributed by atoms with Crippen molar-refractivity contribution in [1.29, 1.82) is 0 Å². The number of nitrogens with one attached hydrogen (secondary N) is 1. The van der Waals surface area contributed by atoms with Gasteiger partial charge in [-0.05, 0) is 17.7 Å². The molecule has 3 heteroatoms. The van der Waals surface area contributed by atoms with Crippen molar-refractivity contribution in [2.45, 2.75) is 6.54 Å². The Morgan fingerprint density at radius 3 is 2.69 bits per heavy atom. The highest BCUT2D eigenvalue weighted by molar-refractivity contribution is 5.52. The molecule has 16 heavy (non-hydrogen) atoms. The van der Waals surface area contributed by atoms with Crippen LogP contribution in [0.2, 0.25) is 0 Å². The molecule has 0 bridgehead atoms. The molecule has 1 aromatic carbocycles. The first-order valence-corrected chi connectivity index (χ1v) is 5.17. The molecule has 0 atom stereocenters. The lowest BCUT2D eigenvalue weighted by Crippen LogP contribution is -2.01. The van der Waals surface area contributed by atoms with Crippen molar-refractivity contribution in [3.05, 3.63) is 54.2 Å². The van der Waals surface area contributed by atoms with Crippen molar-refractivity contribution >= 4 is 5.69 Å². The number of hydrogen-bond donors (Lipinski definition) is 1. The van der Waals surface area contributed by atoms with E-state index < -0.39 is 0 Å². The van der Waals surface area contributed by atoms with E-state index >= 15 is 0 Å². The Bertz CT molecular complexity index is 443. The highest BCUT2D eigenvalue weighted by Gasteiger charge is 2.01. The van der Waals surface area contributed by atoms with Crippen molar-refractivity contribution in [3.63, 3.8) is 0 Å². The van der Waals surface area contributed by atoms with E-state index in [9.17, 15) is 0 Å². The fourth-order valence-corrected chi connectivity index (χ4v) is 1.48. The van der Waals surface area contributed by atoms with Gasteiger partial charge in [-0.15, -0.1) is 0 Å². The van der Waals surface area contributed by atoms with Crippen LogP contribution in [-0.4, -0.2) is 12.1 Å². The zero-order valence-corrected chi connectivity index (χ0v) is 9.18. The number of rotatable bonds is 4. The molecule has 2 aromatic rings. The summed E-state index contributed by atoms with van der Waals surface area (Å²) in [7, 11) is 1.62. The zero-order valence-electron chi connectivity index (χ0n) is 9.18. The Morgan fingerprint density at radius 1 is 1.12 bits per heavy atom. The molecular formula is C13H14N2O. The first kappa shape index (κ1) is 10.5. The molecule has 1 heterocycles. The van der Waals surface area contributed by atoms with Crippen LogP contribution in [-0.2, 0) is 6.54 Å². The molecule has 0 aliphatic carbocycles. The molecule has 0 saturated carbocycles. The van der Waals surface area contributed by atoms with Crippen LogP contribution in [0.1, 0.15) is 5.56 Å². The summed E-state index contributed by atoms with van der Waals surface area (Å²) in [5, 5.41) is 3.29. The van der Waals surface area contributed by atoms with Crippen LogP contribution in [0.15, 0.2) is 48.7 Å². The smallest absolute Gasteiger partial charge is 0.237 e. The average Bonchev–Trinajstić information content (AvgIpc) is 2.38. The summed E-state index contributed by atoms with van der Waals surface area (Å²) >= 11 is 0. The summed E-state index contributed by atoms with van der Waals surface area (Å²) in [4.78, 5) is 4.12. The van der Waals surface area contributed by atoms with Crippen LogP contribution in [0.4, 0.5) is 5.69 Å². The molecule has 0 spiro atoms. The summed E-state index contributed by atoms with van der Waals surface area (Å²) < 4.78 is 5.16. The Hall–Kier alpha value is -2.03. The van der Waals surface area contributed by atoms with Gasteiger partial charge in [-0.3, -0.25) is 0 Å². The zero-order chi connectivity index (χ0) is 11.2. The van der Waals surface area contributed by atoms with Gasteiger partial charge in [0.1, 0.15) is 0 Å². The summed E-state index contributed by atoms with van der Waals surface area (Å²) in [5.41, 5.74) is 2.14. The van der Waals surface area contributed by atoms with Gasteiger partial charge in [0.15, 0.2) is 0 Å². The minimum absolute atomic E-state index is 0.624. The van der Waals surface area contributed by atoms with E-state index in [1.165, 1.54) is 5.56 Å². The summed E-state index contributed by atoms with van der Waals surface area (Å²) in [6.45, 7) is 0.767. The maximum atomic E-state index is 5.16. The maximum absolute atomic E-state index is 5.16. The van der Waals surface area contributed by atoms with Crippen LogP contribution in [0.3, 0.4) is 0 Å². The van der Waals surface area contributed by atoms with E-state index in [-0.39, 0.29) is 0 Å². The number of benzene rings is 1. The SMILES string of the molecule is COc1ncccc1NCc1ccccc1. The second kappa shape index (κ2) is 5.16. The van der Waals surface area contributed by atoms with Crippen LogP contribution in [0, 0.1) is 0 Å². The van der Waals surface area contributed by atoms with E-state index in [4.69, 9.17) is 4.74 Å². The molecular weight excluding hydrogens is 200 g/mol. The first-order chi connectivity index (χ1) is 7.90. The second-order valence-corrected chi connectivity index (χ2v) is 3.40. The molecule has 1 aromatic heterocycles. The lowest BCUT2D eigenvalue weighted by molar-refractivity contribution is 0.399. The predicted molar refractivity (Wildman–Crippen MR) is 64.6 cm³/mol. The summed E-state index contributed by atoms with van der Waals surface area (Å²) in [5.74, 6) is 0.624. The highest BCUT2D eigenvalue weighted by atomic mass is 16.5. The molecule has 2 rings (SSSR count). The Balaban J connectivity index is 2.05. The quantitative estimate of drug-likeness (QED) is 0.849. The van der Waals surface area contributed by atoms with Crippen LogP contribution < -0.4 is 10.1 Å². The van der Waals surface area contributed by atoms with Crippen molar-refractivity contribution in [1.82, 2.24) is 4.98 Å². The molecule has 1 N–H and O–H groups in total. The number of pyridine rings is 1. The molecule has 82 valence electrons. The molecule has 0 aliphatic heterocycles. The van der Waals surface area contributed by atoms with Gasteiger partial charge < -0.3 is 10.1 Å². The third-order valence-corrected chi connectivity index (χ3v) is 2.29. The Labute approximate surface area is 95.1 Å². The normalized spacial score (nSPS) is 9.81. The Kier molecular flexibility index (Phi) is 3.38. The van der Waals surface area contributed by atoms with E-state index in [0.29, 0.717) is 5.88 Å². The fraction of sp³-hybridized carbons (Fsp3) is 0.154. The number of ether oxygens (including phenoxy) is 1. The third-order valence-electron chi connectivity index (χ3n) is 2.29. The third kappa shape index (κ3) is 2.51. The van der Waals surface area contributed by atoms with Crippen molar-refractivity contribution in [3.8, 4) is 5.88 Å². The van der Waals surface area contributed by atoms with E-state index in [1.54, 1.807) is 13.3 Å². The molecule has 0 aliphatic rings. The van der Waals surface area contributed by atoms with Crippen molar-refractivity contribution < 1.29 is 4.74 Å². The largest absolute Gasteiger partial charge is 0.480 e. The molecule has 0 amide bonds. The number of anilines is 1. The number of aromatic nitrogens is 1. The number of hydrogen-bond acceptors (Lipinski definition) is 3. The molecule has 0 radical (unpaired) electrons. The average molecular weight is 214 g/mol. The van der Waals surface area contributed by atoms with Gasteiger partial charge in [-0.1, -0.05) is 30.3 Å². The minimum atomic E-state index is 0.624. The van der Waals surface area contributed by atoms with Gasteiger partial charge in [0.05, 0.1) is 12.8 Å². The topological polar surface area (TPSA) is 34.1 Å². The van der Waals surface area contributed by atoms with E-state index in [0.717, 1.165) is 12.2 Å². The molecule has 0 unspecified atom stereocenters. The van der Waals surface area contributed by atoms with Gasteiger partial charge in [0.25, 0.3) is 0 Å². The van der Waals surface area contributed by atoms with E-state index in [2.05, 4.69) is 22.4 Å². The number of methoxy groups -OCH3 is 1. The lowest BCUT2D eigenvalue weighted by Gasteiger charge is -2.09. The van der Waals surface area contributed by atoms with Gasteiger partial charge in [0.2, 0.25) is 5.88 Å². The molecule has 0 saturated heterocycles. The van der Waals surface area contributed by atoms with Crippen molar-refractivity contribution in [2.24, 2.45) is 0 Å². The molecule has 3 nitrogen and oxygen atoms in total. The van der Waals surface area contributed by atoms with Crippen LogP contribution in [0.25, 0.3) is 0 Å². The predicted octanol–water partition coefficient (Wildman–Crippen LogP) is 2.70. The molecule has 0 fully saturated rings. The van der Waals surface area contributed by atoms with Gasteiger partial charge in [0, 0.05) is 12.7 Å². The highest BCUT2D eigenvalue weighted by Crippen LogP contribution is 2.20. The van der Waals surface area contributed by atoms with E-state index in [1.807, 2.05) is 30.3 Å². The second-order valence-electron chi connectivity index (χ2n) is 3.40. The van der Waals surface area contributed by atoms with Crippen molar-refractivity contribution in [2.75, 3.05) is 12.4 Å². The van der Waals surface area contributed by atoms with Crippen LogP contribution in [0.5, 0.6) is 5.88 Å². The Morgan fingerprint density at radius 2 is 1.94 bits per heavy atom. The lowest BCUT2D eigenvalue weighted by atomic mass is 10.2. The van der Waals surface area contributed by atoms with Gasteiger partial charge in [-0.2, -0.15) is 0 Å². The van der Waals surface area contributed by atoms with Gasteiger partial charge in [-0.25, -0.2) is 4.98 Å². The maximum Gasteiger partial charge on any atom is 0.237 e. The summed E-state index contributed by atoms with van der Waals surface area (Å²) in [6.07, 6.45) is 1.71. The van der Waals surface area contributed by atoms with Gasteiger partial charge >= 0.3 is 0 Å². The standard InChI is InChI=1S/C13H14N2O/c1-16-13-12(8-5-9-14-13)15-10-11-6-3-2-4-7-11/h2-9,15H,10H2,1H3. The first-order valence-electron chi connectivity index (χ1n) is 5.17. The fourth-order valence-electron chi connectivity index (χ4n) is 1.48. The van der Waals surface area contributed by atoms with Crippen LogP contribution >= 0.6 is 0 Å². The number of nitrogens with zero attached hydrogens (tertiary/aromatic N) is 1. The minimum Gasteiger partial charge on any atom is -0.480 e.